The molecule has 3 saturated heterocycles. The van der Waals surface area contributed by atoms with Gasteiger partial charge in [0.2, 0.25) is 0 Å². The molecular weight excluding hydrogens is 307 g/mol. The minimum Gasteiger partial charge on any atom is -0.388 e. The van der Waals surface area contributed by atoms with Crippen molar-refractivity contribution < 1.29 is 14.2 Å². The molecule has 1 saturated carbocycles. The summed E-state index contributed by atoms with van der Waals surface area (Å²) >= 11 is 0. The molecule has 2 bridgehead atoms. The molecule has 0 aromatic heterocycles. The number of ether oxygens (including phenoxy) is 1. The third-order valence-electron chi connectivity index (χ3n) is 6.12. The molecule has 5 heteroatoms. The molecule has 1 N–H and O–H groups in total. The number of fused-ring (bicyclic) bond motifs is 3. The minimum absolute atomic E-state index is 0.160. The van der Waals surface area contributed by atoms with Crippen LogP contribution >= 0.6 is 0 Å². The van der Waals surface area contributed by atoms with E-state index in [-0.39, 0.29) is 11.9 Å². The van der Waals surface area contributed by atoms with Gasteiger partial charge in [0.05, 0.1) is 24.9 Å². The highest BCUT2D eigenvalue weighted by Crippen LogP contribution is 2.43. The summed E-state index contributed by atoms with van der Waals surface area (Å²) in [6.07, 6.45) is 3.95. The summed E-state index contributed by atoms with van der Waals surface area (Å²) < 4.78 is 18.6. The molecule has 0 radical (unpaired) electrons. The lowest BCUT2D eigenvalue weighted by molar-refractivity contribution is -0.156. The van der Waals surface area contributed by atoms with Gasteiger partial charge in [-0.25, -0.2) is 4.39 Å². The first-order valence-corrected chi connectivity index (χ1v) is 9.17. The van der Waals surface area contributed by atoms with Crippen molar-refractivity contribution in [3.05, 3.63) is 35.6 Å². The zero-order chi connectivity index (χ0) is 16.6. The van der Waals surface area contributed by atoms with Gasteiger partial charge in [0.1, 0.15) is 5.82 Å². The lowest BCUT2D eigenvalue weighted by atomic mass is 9.70. The summed E-state index contributed by atoms with van der Waals surface area (Å²) in [7, 11) is 0. The molecule has 4 fully saturated rings. The van der Waals surface area contributed by atoms with Gasteiger partial charge in [0, 0.05) is 32.2 Å². The van der Waals surface area contributed by atoms with E-state index < -0.39 is 5.60 Å². The molecule has 5 rings (SSSR count). The van der Waals surface area contributed by atoms with Crippen LogP contribution in [0.5, 0.6) is 0 Å². The lowest BCUT2D eigenvalue weighted by Crippen LogP contribution is -2.67. The molecule has 1 aromatic rings. The van der Waals surface area contributed by atoms with E-state index in [0.29, 0.717) is 6.04 Å². The van der Waals surface area contributed by atoms with Crippen LogP contribution in [0.3, 0.4) is 0 Å². The molecule has 4 nitrogen and oxygen atoms in total. The first-order chi connectivity index (χ1) is 11.6. The second kappa shape index (κ2) is 6.71. The van der Waals surface area contributed by atoms with Gasteiger partial charge < -0.3 is 9.84 Å². The van der Waals surface area contributed by atoms with E-state index in [1.54, 1.807) is 0 Å². The Morgan fingerprint density at radius 1 is 1.12 bits per heavy atom. The van der Waals surface area contributed by atoms with Crippen molar-refractivity contribution in [1.82, 2.24) is 9.80 Å². The van der Waals surface area contributed by atoms with Gasteiger partial charge >= 0.3 is 0 Å². The molecule has 1 atom stereocenters. The maximum atomic E-state index is 13.2. The Labute approximate surface area is 143 Å². The third kappa shape index (κ3) is 3.23. The molecule has 4 aliphatic rings. The van der Waals surface area contributed by atoms with E-state index >= 15 is 0 Å². The Morgan fingerprint density at radius 2 is 1.79 bits per heavy atom. The predicted molar refractivity (Wildman–Crippen MR) is 90.2 cm³/mol. The number of benzene rings is 1. The maximum Gasteiger partial charge on any atom is 0.123 e. The van der Waals surface area contributed by atoms with Gasteiger partial charge in [-0.15, -0.1) is 0 Å². The summed E-state index contributed by atoms with van der Waals surface area (Å²) in [6.45, 7) is 5.15. The number of nitrogens with zero attached hydrogens (tertiary/aromatic N) is 2. The molecule has 1 aromatic carbocycles. The average molecular weight is 334 g/mol. The van der Waals surface area contributed by atoms with Crippen LogP contribution in [0, 0.1) is 5.82 Å². The number of rotatable bonds is 4. The Hall–Kier alpha value is -1.01. The minimum atomic E-state index is -0.576. The molecular formula is C19H27FN2O2. The fourth-order valence-corrected chi connectivity index (χ4v) is 4.67. The van der Waals surface area contributed by atoms with Crippen LogP contribution in [0.2, 0.25) is 0 Å². The van der Waals surface area contributed by atoms with E-state index in [1.165, 1.54) is 12.1 Å². The summed E-state index contributed by atoms with van der Waals surface area (Å²) in [6, 6.07) is 7.50. The second-order valence-electron chi connectivity index (χ2n) is 7.56. The van der Waals surface area contributed by atoms with Crippen molar-refractivity contribution in [2.24, 2.45) is 0 Å². The number of piperidine rings is 2. The molecule has 0 amide bonds. The van der Waals surface area contributed by atoms with Crippen molar-refractivity contribution >= 4 is 0 Å². The summed E-state index contributed by atoms with van der Waals surface area (Å²) in [4.78, 5) is 4.90. The normalized spacial score (nSPS) is 34.6. The average Bonchev–Trinajstić information content (AvgIpc) is 2.61. The highest BCUT2D eigenvalue weighted by atomic mass is 19.1. The summed E-state index contributed by atoms with van der Waals surface area (Å²) in [5.74, 6) is -0.192. The summed E-state index contributed by atoms with van der Waals surface area (Å²) in [5.41, 5.74) is 0.548. The topological polar surface area (TPSA) is 35.9 Å². The van der Waals surface area contributed by atoms with Gasteiger partial charge in [-0.1, -0.05) is 12.1 Å². The van der Waals surface area contributed by atoms with Gasteiger partial charge in [-0.2, -0.15) is 0 Å². The SMILES string of the molecule is OC12CCC(CC1)N(Cc1ccc(F)cc1)C2CN1CCOCC1. The highest BCUT2D eigenvalue weighted by molar-refractivity contribution is 5.18. The van der Waals surface area contributed by atoms with Crippen molar-refractivity contribution in [2.45, 2.75) is 49.9 Å². The Bertz CT molecular complexity index is 551. The first-order valence-electron chi connectivity index (χ1n) is 9.17. The van der Waals surface area contributed by atoms with Crippen molar-refractivity contribution in [1.29, 1.82) is 0 Å². The monoisotopic (exact) mass is 334 g/mol. The molecule has 1 unspecified atom stereocenters. The second-order valence-corrected chi connectivity index (χ2v) is 7.56. The van der Waals surface area contributed by atoms with E-state index in [9.17, 15) is 9.50 Å². The van der Waals surface area contributed by atoms with Gasteiger partial charge in [0.15, 0.2) is 0 Å². The van der Waals surface area contributed by atoms with Gasteiger partial charge in [-0.3, -0.25) is 9.80 Å². The lowest BCUT2D eigenvalue weighted by Gasteiger charge is -2.57. The van der Waals surface area contributed by atoms with Gasteiger partial charge in [-0.05, 0) is 43.4 Å². The van der Waals surface area contributed by atoms with E-state index in [4.69, 9.17) is 4.74 Å². The van der Waals surface area contributed by atoms with Crippen molar-refractivity contribution in [3.63, 3.8) is 0 Å². The largest absolute Gasteiger partial charge is 0.388 e. The zero-order valence-electron chi connectivity index (χ0n) is 14.2. The van der Waals surface area contributed by atoms with Crippen LogP contribution in [-0.4, -0.2) is 65.4 Å². The predicted octanol–water partition coefficient (Wildman–Crippen LogP) is 2.02. The highest BCUT2D eigenvalue weighted by Gasteiger charge is 2.51. The fraction of sp³-hybridized carbons (Fsp3) is 0.684. The van der Waals surface area contributed by atoms with Crippen molar-refractivity contribution in [3.8, 4) is 0 Å². The van der Waals surface area contributed by atoms with Crippen LogP contribution in [0.15, 0.2) is 24.3 Å². The van der Waals surface area contributed by atoms with Crippen LogP contribution in [0.1, 0.15) is 31.2 Å². The van der Waals surface area contributed by atoms with Crippen LogP contribution in [-0.2, 0) is 11.3 Å². The van der Waals surface area contributed by atoms with E-state index in [2.05, 4.69) is 9.80 Å². The molecule has 0 spiro atoms. The van der Waals surface area contributed by atoms with E-state index in [1.807, 2.05) is 12.1 Å². The number of hydrogen-bond acceptors (Lipinski definition) is 4. The number of hydrogen-bond donors (Lipinski definition) is 1. The number of morpholine rings is 1. The van der Waals surface area contributed by atoms with Crippen LogP contribution in [0.25, 0.3) is 0 Å². The zero-order valence-corrected chi connectivity index (χ0v) is 14.2. The molecule has 132 valence electrons. The number of halogens is 1. The molecule has 1 aliphatic carbocycles. The quantitative estimate of drug-likeness (QED) is 0.914. The fourth-order valence-electron chi connectivity index (χ4n) is 4.67. The van der Waals surface area contributed by atoms with Crippen LogP contribution in [0.4, 0.5) is 4.39 Å². The number of aliphatic hydroxyl groups is 1. The smallest absolute Gasteiger partial charge is 0.123 e. The molecule has 24 heavy (non-hydrogen) atoms. The Morgan fingerprint density at radius 3 is 2.46 bits per heavy atom. The van der Waals surface area contributed by atoms with Crippen molar-refractivity contribution in [2.75, 3.05) is 32.8 Å². The van der Waals surface area contributed by atoms with Crippen LogP contribution < -0.4 is 0 Å². The third-order valence-corrected chi connectivity index (χ3v) is 6.12. The molecule has 3 aliphatic heterocycles. The molecule has 3 heterocycles. The summed E-state index contributed by atoms with van der Waals surface area (Å²) in [5, 5.41) is 11.2. The maximum absolute atomic E-state index is 13.2. The van der Waals surface area contributed by atoms with E-state index in [0.717, 1.165) is 70.6 Å². The van der Waals surface area contributed by atoms with Gasteiger partial charge in [0.25, 0.3) is 0 Å². The Balaban J connectivity index is 1.53. The first kappa shape index (κ1) is 16.5. The standard InChI is InChI=1S/C19H27FN2O2/c20-16-3-1-15(2-4-16)13-22-17-5-7-19(23,8-6-17)18(22)14-21-9-11-24-12-10-21/h1-4,17-18,23H,5-14H2. The Kier molecular flexibility index (Phi) is 4.60.